The first-order valence-electron chi connectivity index (χ1n) is 6.93. The summed E-state index contributed by atoms with van der Waals surface area (Å²) in [6.45, 7) is 2.48. The van der Waals surface area contributed by atoms with Gasteiger partial charge in [0.25, 0.3) is 5.91 Å². The number of hydrogen-bond acceptors (Lipinski definition) is 5. The number of phenolic OH excluding ortho intramolecular Hbond substituents is 1. The zero-order chi connectivity index (χ0) is 15.4. The second kappa shape index (κ2) is 6.47. The van der Waals surface area contributed by atoms with Crippen LogP contribution in [0.3, 0.4) is 0 Å². The Morgan fingerprint density at radius 2 is 2.19 bits per heavy atom. The maximum atomic E-state index is 12.6. The first-order valence-corrected chi connectivity index (χ1v) is 6.93. The predicted molar refractivity (Wildman–Crippen MR) is 75.4 cm³/mol. The Balaban J connectivity index is 2.24. The molecule has 114 valence electrons. The van der Waals surface area contributed by atoms with Gasteiger partial charge in [-0.25, -0.2) is 4.79 Å². The van der Waals surface area contributed by atoms with Gasteiger partial charge >= 0.3 is 5.97 Å². The van der Waals surface area contributed by atoms with Crippen LogP contribution in [0.1, 0.15) is 30.1 Å². The van der Waals surface area contributed by atoms with Crippen molar-refractivity contribution >= 4 is 11.9 Å². The van der Waals surface area contributed by atoms with Gasteiger partial charge in [-0.2, -0.15) is 0 Å². The van der Waals surface area contributed by atoms with Gasteiger partial charge in [-0.15, -0.1) is 0 Å². The summed E-state index contributed by atoms with van der Waals surface area (Å²) in [7, 11) is 1.48. The van der Waals surface area contributed by atoms with Crippen LogP contribution in [0.4, 0.5) is 0 Å². The molecule has 0 aliphatic carbocycles. The minimum absolute atomic E-state index is 0.129. The van der Waals surface area contributed by atoms with Crippen LogP contribution >= 0.6 is 0 Å². The summed E-state index contributed by atoms with van der Waals surface area (Å²) in [5.41, 5.74) is 0.130. The fourth-order valence-electron chi connectivity index (χ4n) is 2.46. The fourth-order valence-corrected chi connectivity index (χ4v) is 2.46. The molecule has 1 aromatic carbocycles. The van der Waals surface area contributed by atoms with Gasteiger partial charge in [0.2, 0.25) is 0 Å². The number of nitrogens with zero attached hydrogens (tertiary/aromatic N) is 1. The van der Waals surface area contributed by atoms with Crippen molar-refractivity contribution in [3.8, 4) is 11.5 Å². The van der Waals surface area contributed by atoms with Gasteiger partial charge in [-0.05, 0) is 38.0 Å². The smallest absolute Gasteiger partial charge is 0.328 e. The first-order chi connectivity index (χ1) is 10.1. The lowest BCUT2D eigenvalue weighted by Gasteiger charge is -2.23. The number of carbonyl (C=O) groups excluding carboxylic acids is 2. The number of esters is 1. The van der Waals surface area contributed by atoms with Crippen molar-refractivity contribution in [2.45, 2.75) is 25.8 Å². The number of amides is 1. The largest absolute Gasteiger partial charge is 0.507 e. The Labute approximate surface area is 123 Å². The molecule has 1 unspecified atom stereocenters. The summed E-state index contributed by atoms with van der Waals surface area (Å²) in [6, 6.07) is 3.86. The van der Waals surface area contributed by atoms with Crippen molar-refractivity contribution in [2.24, 2.45) is 0 Å². The molecule has 0 spiro atoms. The molecule has 1 saturated heterocycles. The van der Waals surface area contributed by atoms with E-state index in [0.717, 1.165) is 6.42 Å². The van der Waals surface area contributed by atoms with Crippen molar-refractivity contribution in [1.82, 2.24) is 4.90 Å². The number of aromatic hydroxyl groups is 1. The third-order valence-electron chi connectivity index (χ3n) is 3.51. The Bertz CT molecular complexity index is 543. The average molecular weight is 293 g/mol. The highest BCUT2D eigenvalue weighted by atomic mass is 16.5. The molecular formula is C15H19NO5. The number of phenols is 1. The Morgan fingerprint density at radius 1 is 1.43 bits per heavy atom. The molecule has 6 nitrogen and oxygen atoms in total. The summed E-state index contributed by atoms with van der Waals surface area (Å²) in [4.78, 5) is 25.9. The first kappa shape index (κ1) is 15.2. The van der Waals surface area contributed by atoms with Gasteiger partial charge < -0.3 is 19.5 Å². The van der Waals surface area contributed by atoms with Crippen molar-refractivity contribution in [2.75, 3.05) is 20.3 Å². The van der Waals surface area contributed by atoms with Crippen molar-refractivity contribution in [3.05, 3.63) is 23.8 Å². The van der Waals surface area contributed by atoms with Crippen molar-refractivity contribution in [3.63, 3.8) is 0 Å². The van der Waals surface area contributed by atoms with Gasteiger partial charge in [0.05, 0.1) is 19.3 Å². The second-order valence-corrected chi connectivity index (χ2v) is 4.79. The molecular weight excluding hydrogens is 274 g/mol. The van der Waals surface area contributed by atoms with E-state index in [1.807, 2.05) is 0 Å². The molecule has 1 heterocycles. The average Bonchev–Trinajstić information content (AvgIpc) is 2.97. The van der Waals surface area contributed by atoms with Crippen LogP contribution in [0, 0.1) is 0 Å². The maximum Gasteiger partial charge on any atom is 0.328 e. The van der Waals surface area contributed by atoms with Crippen LogP contribution in [-0.2, 0) is 9.53 Å². The summed E-state index contributed by atoms with van der Waals surface area (Å²) in [6.07, 6.45) is 1.31. The molecule has 1 atom stereocenters. The van der Waals surface area contributed by atoms with E-state index in [4.69, 9.17) is 9.47 Å². The van der Waals surface area contributed by atoms with Crippen molar-refractivity contribution in [1.29, 1.82) is 0 Å². The van der Waals surface area contributed by atoms with E-state index >= 15 is 0 Å². The summed E-state index contributed by atoms with van der Waals surface area (Å²) < 4.78 is 10.1. The lowest BCUT2D eigenvalue weighted by Crippen LogP contribution is -2.41. The van der Waals surface area contributed by atoms with Gasteiger partial charge in [0.15, 0.2) is 0 Å². The van der Waals surface area contributed by atoms with Crippen molar-refractivity contribution < 1.29 is 24.2 Å². The van der Waals surface area contributed by atoms with Crippen LogP contribution < -0.4 is 4.74 Å². The van der Waals surface area contributed by atoms with Crippen LogP contribution in [-0.4, -0.2) is 48.2 Å². The quantitative estimate of drug-likeness (QED) is 0.853. The summed E-state index contributed by atoms with van der Waals surface area (Å²) in [5, 5.41) is 9.87. The van der Waals surface area contributed by atoms with Crippen LogP contribution in [0.15, 0.2) is 18.2 Å². The Hall–Kier alpha value is -2.24. The fraction of sp³-hybridized carbons (Fsp3) is 0.467. The number of hydrogen-bond donors (Lipinski definition) is 1. The molecule has 0 radical (unpaired) electrons. The molecule has 1 N–H and O–H groups in total. The number of ether oxygens (including phenoxy) is 2. The van der Waals surface area contributed by atoms with Gasteiger partial charge in [0.1, 0.15) is 17.5 Å². The molecule has 0 saturated carbocycles. The molecule has 1 amide bonds. The predicted octanol–water partition coefficient (Wildman–Crippen LogP) is 1.57. The van der Waals surface area contributed by atoms with Gasteiger partial charge in [-0.3, -0.25) is 4.79 Å². The molecule has 1 aliphatic rings. The van der Waals surface area contributed by atoms with E-state index in [0.29, 0.717) is 18.7 Å². The molecule has 1 aromatic rings. The lowest BCUT2D eigenvalue weighted by atomic mass is 10.1. The molecule has 0 bridgehead atoms. The molecule has 1 aliphatic heterocycles. The number of carbonyl (C=O) groups is 2. The van der Waals surface area contributed by atoms with Gasteiger partial charge in [0, 0.05) is 6.54 Å². The normalized spacial score (nSPS) is 17.6. The number of methoxy groups -OCH3 is 1. The van der Waals surface area contributed by atoms with E-state index in [9.17, 15) is 14.7 Å². The molecule has 2 rings (SSSR count). The lowest BCUT2D eigenvalue weighted by molar-refractivity contribution is -0.147. The van der Waals surface area contributed by atoms with Crippen LogP contribution in [0.5, 0.6) is 11.5 Å². The molecule has 0 aromatic heterocycles. The summed E-state index contributed by atoms with van der Waals surface area (Å²) >= 11 is 0. The molecule has 1 fully saturated rings. The number of benzene rings is 1. The van der Waals surface area contributed by atoms with E-state index in [1.54, 1.807) is 13.0 Å². The maximum absolute atomic E-state index is 12.6. The monoisotopic (exact) mass is 293 g/mol. The van der Waals surface area contributed by atoms with E-state index in [-0.39, 0.29) is 23.8 Å². The third-order valence-corrected chi connectivity index (χ3v) is 3.51. The topological polar surface area (TPSA) is 76.1 Å². The highest BCUT2D eigenvalue weighted by Crippen LogP contribution is 2.28. The van der Waals surface area contributed by atoms with Crippen LogP contribution in [0.25, 0.3) is 0 Å². The van der Waals surface area contributed by atoms with Gasteiger partial charge in [-0.1, -0.05) is 0 Å². The van der Waals surface area contributed by atoms with E-state index in [2.05, 4.69) is 0 Å². The Morgan fingerprint density at radius 3 is 2.86 bits per heavy atom. The minimum Gasteiger partial charge on any atom is -0.507 e. The van der Waals surface area contributed by atoms with E-state index in [1.165, 1.54) is 24.1 Å². The zero-order valence-corrected chi connectivity index (χ0v) is 12.2. The van der Waals surface area contributed by atoms with E-state index < -0.39 is 12.0 Å². The van der Waals surface area contributed by atoms with Crippen LogP contribution in [0.2, 0.25) is 0 Å². The summed E-state index contributed by atoms with van der Waals surface area (Å²) in [5.74, 6) is -0.439. The number of likely N-dealkylation sites (tertiary alicyclic amines) is 1. The molecule has 6 heteroatoms. The molecule has 21 heavy (non-hydrogen) atoms. The SMILES string of the molecule is CCOC(=O)C1CCCN1C(=O)c1cc(OC)ccc1O. The highest BCUT2D eigenvalue weighted by molar-refractivity contribution is 5.99. The number of rotatable bonds is 4. The minimum atomic E-state index is -0.581. The third kappa shape index (κ3) is 3.09. The second-order valence-electron chi connectivity index (χ2n) is 4.79. The standard InChI is InChI=1S/C15H19NO5/c1-3-21-15(19)12-5-4-8-16(12)14(18)11-9-10(20-2)6-7-13(11)17/h6-7,9,12,17H,3-5,8H2,1-2H3. The Kier molecular flexibility index (Phi) is 4.67. The zero-order valence-electron chi connectivity index (χ0n) is 12.2. The highest BCUT2D eigenvalue weighted by Gasteiger charge is 2.36.